The van der Waals surface area contributed by atoms with Gasteiger partial charge in [-0.05, 0) is 0 Å². The summed E-state index contributed by atoms with van der Waals surface area (Å²) in [5.74, 6) is 0. The number of aliphatic hydroxyl groups is 2. The molecule has 1 aliphatic rings. The average molecular weight is 492 g/mol. The maximum atomic E-state index is 11.7. The number of rotatable bonds is 6. The second-order valence-electron chi connectivity index (χ2n) is 5.64. The molecular formula is C10H16N4Na2O12P2. The Bertz CT molecular complexity index is 1100. The number of aromatic nitrogens is 4. The Hall–Kier alpha value is 0.290. The van der Waals surface area contributed by atoms with Gasteiger partial charge in [-0.3, -0.25) is 23.9 Å². The van der Waals surface area contributed by atoms with E-state index in [-0.39, 0.29) is 70.3 Å². The first-order valence-corrected chi connectivity index (χ1v) is 10.4. The summed E-state index contributed by atoms with van der Waals surface area (Å²) in [4.78, 5) is 57.5. The van der Waals surface area contributed by atoms with E-state index in [1.165, 1.54) is 0 Å². The number of phosphoric ester groups is 1. The summed E-state index contributed by atoms with van der Waals surface area (Å²) in [5, 5.41) is 20.2. The molecule has 3 heterocycles. The van der Waals surface area contributed by atoms with Gasteiger partial charge in [0, 0.05) is 0 Å². The molecule has 16 nitrogen and oxygen atoms in total. The predicted molar refractivity (Wildman–Crippen MR) is 100 cm³/mol. The second-order valence-corrected chi connectivity index (χ2v) is 8.47. The van der Waals surface area contributed by atoms with Crippen LogP contribution in [0.4, 0.5) is 0 Å². The summed E-state index contributed by atoms with van der Waals surface area (Å²) < 4.78 is 36.4. The molecule has 0 saturated carbocycles. The Balaban J connectivity index is 0.00000225. The first-order chi connectivity index (χ1) is 12.9. The van der Waals surface area contributed by atoms with Crippen LogP contribution in [0.15, 0.2) is 15.9 Å². The standard InChI is InChI=1S/C10H14N4O12P2.2Na.2H/c15-5-3(1-24-28(22,23)26-27(19,20)21)25-9(6(5)16)14-2-11-4-7(14)12-10(18)13-8(4)17;;;;/h2-3,5-6,9,15-16H,1H2,(H,22,23)(H2,19,20,21)(H2,12,13,17,18);;;;/t3-,5-,6-,9-;;;;/m1..../s1. The first-order valence-electron chi connectivity index (χ1n) is 7.33. The molecule has 0 radical (unpaired) electrons. The molecule has 1 unspecified atom stereocenters. The summed E-state index contributed by atoms with van der Waals surface area (Å²) >= 11 is 0. The van der Waals surface area contributed by atoms with Crippen molar-refractivity contribution in [3.05, 3.63) is 27.2 Å². The zero-order chi connectivity index (χ0) is 20.9. The Morgan fingerprint density at radius 1 is 1.13 bits per heavy atom. The first kappa shape index (κ1) is 28.3. The van der Waals surface area contributed by atoms with Crippen molar-refractivity contribution >= 4 is 85.9 Å². The van der Waals surface area contributed by atoms with Crippen LogP contribution < -0.4 is 11.2 Å². The normalized spacial score (nSPS) is 26.0. The van der Waals surface area contributed by atoms with E-state index in [1.54, 1.807) is 0 Å². The van der Waals surface area contributed by atoms with E-state index in [0.29, 0.717) is 0 Å². The van der Waals surface area contributed by atoms with Crippen LogP contribution in [0.3, 0.4) is 0 Å². The molecule has 3 rings (SSSR count). The third kappa shape index (κ3) is 6.42. The van der Waals surface area contributed by atoms with Crippen LogP contribution in [-0.4, -0.2) is 128 Å². The van der Waals surface area contributed by atoms with E-state index in [0.717, 1.165) is 10.9 Å². The Kier molecular flexibility index (Phi) is 9.90. The second kappa shape index (κ2) is 10.5. The zero-order valence-corrected chi connectivity index (χ0v) is 15.3. The number of aliphatic hydroxyl groups excluding tert-OH is 2. The average Bonchev–Trinajstić information content (AvgIpc) is 3.06. The van der Waals surface area contributed by atoms with Gasteiger partial charge in [-0.2, -0.15) is 4.31 Å². The Morgan fingerprint density at radius 3 is 2.37 bits per heavy atom. The molecule has 0 spiro atoms. The maximum absolute atomic E-state index is 11.7. The number of nitrogens with zero attached hydrogens (tertiary/aromatic N) is 2. The quantitative estimate of drug-likeness (QED) is 0.150. The monoisotopic (exact) mass is 492 g/mol. The summed E-state index contributed by atoms with van der Waals surface area (Å²) in [5.41, 5.74) is -1.96. The molecule has 30 heavy (non-hydrogen) atoms. The van der Waals surface area contributed by atoms with Crippen LogP contribution in [0.2, 0.25) is 0 Å². The van der Waals surface area contributed by atoms with Crippen molar-refractivity contribution in [2.24, 2.45) is 0 Å². The van der Waals surface area contributed by atoms with Gasteiger partial charge in [0.15, 0.2) is 11.7 Å². The molecule has 0 aromatic carbocycles. The molecule has 2 aromatic rings. The number of ether oxygens (including phenoxy) is 1. The van der Waals surface area contributed by atoms with Gasteiger partial charge in [0.25, 0.3) is 5.56 Å². The van der Waals surface area contributed by atoms with Crippen molar-refractivity contribution in [2.75, 3.05) is 6.61 Å². The molecule has 5 atom stereocenters. The van der Waals surface area contributed by atoms with Gasteiger partial charge in [0.2, 0.25) is 0 Å². The molecule has 160 valence electrons. The molecule has 7 N–H and O–H groups in total. The summed E-state index contributed by atoms with van der Waals surface area (Å²) in [6, 6.07) is 0. The van der Waals surface area contributed by atoms with Crippen LogP contribution in [0, 0.1) is 0 Å². The molecule has 2 aromatic heterocycles. The molecule has 1 fully saturated rings. The van der Waals surface area contributed by atoms with E-state index in [9.17, 15) is 33.8 Å². The van der Waals surface area contributed by atoms with Gasteiger partial charge in [-0.15, -0.1) is 0 Å². The van der Waals surface area contributed by atoms with Gasteiger partial charge in [-0.25, -0.2) is 18.9 Å². The summed E-state index contributed by atoms with van der Waals surface area (Å²) in [6.45, 7) is -0.897. The van der Waals surface area contributed by atoms with Gasteiger partial charge >= 0.3 is 80.4 Å². The number of hydrogen-bond donors (Lipinski definition) is 7. The van der Waals surface area contributed by atoms with E-state index in [2.05, 4.69) is 18.8 Å². The Morgan fingerprint density at radius 2 is 1.77 bits per heavy atom. The molecule has 0 aliphatic carbocycles. The van der Waals surface area contributed by atoms with Crippen LogP contribution in [0.25, 0.3) is 11.2 Å². The van der Waals surface area contributed by atoms with Gasteiger partial charge in [-0.1, -0.05) is 0 Å². The fraction of sp³-hybridized carbons (Fsp3) is 0.500. The fourth-order valence-corrected chi connectivity index (χ4v) is 4.17. The minimum absolute atomic E-state index is 0. The molecule has 1 aliphatic heterocycles. The predicted octanol–water partition coefficient (Wildman–Crippen LogP) is -4.04. The number of fused-ring (bicyclic) bond motifs is 1. The van der Waals surface area contributed by atoms with E-state index < -0.39 is 58.0 Å². The van der Waals surface area contributed by atoms with Gasteiger partial charge in [0.05, 0.1) is 12.9 Å². The van der Waals surface area contributed by atoms with Crippen LogP contribution in [-0.2, 0) is 22.7 Å². The number of phosphoric acid groups is 2. The van der Waals surface area contributed by atoms with Gasteiger partial charge < -0.3 is 29.6 Å². The molecule has 0 amide bonds. The number of nitrogens with one attached hydrogen (secondary N) is 2. The van der Waals surface area contributed by atoms with Crippen molar-refractivity contribution in [3.63, 3.8) is 0 Å². The zero-order valence-electron chi connectivity index (χ0n) is 13.5. The van der Waals surface area contributed by atoms with E-state index in [4.69, 9.17) is 14.5 Å². The van der Waals surface area contributed by atoms with E-state index >= 15 is 0 Å². The number of hydrogen-bond acceptors (Lipinski definition) is 10. The van der Waals surface area contributed by atoms with E-state index in [1.807, 2.05) is 4.98 Å². The van der Waals surface area contributed by atoms with Gasteiger partial charge in [0.1, 0.15) is 24.0 Å². The SMILES string of the molecule is O=c1[nH]c(=O)c2ncn([C@@H]3O[C@H](COP(=O)(O)OP(=O)(O)O)[C@@H](O)[C@H]3O)c2[nH]1.[NaH].[NaH]. The van der Waals surface area contributed by atoms with Crippen molar-refractivity contribution < 1.29 is 47.6 Å². The number of aromatic amines is 2. The van der Waals surface area contributed by atoms with Crippen LogP contribution >= 0.6 is 15.6 Å². The van der Waals surface area contributed by atoms with Crippen LogP contribution in [0.1, 0.15) is 6.23 Å². The fourth-order valence-electron chi connectivity index (χ4n) is 2.57. The summed E-state index contributed by atoms with van der Waals surface area (Å²) in [7, 11) is -10.5. The van der Waals surface area contributed by atoms with Crippen molar-refractivity contribution in [1.82, 2.24) is 19.5 Å². The number of H-pyrrole nitrogens is 2. The van der Waals surface area contributed by atoms with Crippen molar-refractivity contribution in [1.29, 1.82) is 0 Å². The molecule has 0 bridgehead atoms. The molecule has 20 heteroatoms. The molecule has 1 saturated heterocycles. The number of imidazole rings is 1. The van der Waals surface area contributed by atoms with Crippen molar-refractivity contribution in [2.45, 2.75) is 24.5 Å². The summed E-state index contributed by atoms with van der Waals surface area (Å²) in [6.07, 6.45) is -5.09. The van der Waals surface area contributed by atoms with Crippen molar-refractivity contribution in [3.8, 4) is 0 Å². The molecular weight excluding hydrogens is 476 g/mol. The third-order valence-corrected chi connectivity index (χ3v) is 5.84. The van der Waals surface area contributed by atoms with Crippen LogP contribution in [0.5, 0.6) is 0 Å². The Labute approximate surface area is 210 Å². The topological polar surface area (TPSA) is 247 Å². The minimum atomic E-state index is -5.33. The third-order valence-electron chi connectivity index (χ3n) is 3.69.